The predicted molar refractivity (Wildman–Crippen MR) is 209 cm³/mol. The number of pyridine rings is 1. The Kier molecular flexibility index (Phi) is 8.45. The molecule has 0 radical (unpaired) electrons. The van der Waals surface area contributed by atoms with Gasteiger partial charge in [0.15, 0.2) is 23.3 Å². The Hall–Kier alpha value is -7.82. The number of rotatable bonds is 5. The predicted octanol–water partition coefficient (Wildman–Crippen LogP) is 12.1. The van der Waals surface area contributed by atoms with E-state index in [1.165, 1.54) is 18.2 Å². The van der Waals surface area contributed by atoms with Crippen molar-refractivity contribution in [2.75, 3.05) is 0 Å². The van der Waals surface area contributed by atoms with Crippen molar-refractivity contribution in [3.8, 4) is 68.2 Å². The van der Waals surface area contributed by atoms with Gasteiger partial charge in [0.05, 0.1) is 62.5 Å². The molecule has 2 heterocycles. The fourth-order valence-corrected chi connectivity index (χ4v) is 7.23. The van der Waals surface area contributed by atoms with Gasteiger partial charge in [-0.1, -0.05) is 97.1 Å². The summed E-state index contributed by atoms with van der Waals surface area (Å²) in [4.78, 5) is 15.7. The second kappa shape index (κ2) is 13.8. The molecule has 5 nitrogen and oxygen atoms in total. The molecule has 0 bridgehead atoms. The second-order valence-electron chi connectivity index (χ2n) is 13.2. The van der Waals surface area contributed by atoms with Gasteiger partial charge < -0.3 is 0 Å². The number of benzene rings is 7. The molecule has 0 aliphatic rings. The lowest BCUT2D eigenvalue weighted by Crippen LogP contribution is -2.05. The Balaban J connectivity index is 1.47. The maximum Gasteiger partial charge on any atom is 0.200 e. The molecule has 0 aliphatic heterocycles. The van der Waals surface area contributed by atoms with E-state index in [-0.39, 0.29) is 16.8 Å². The van der Waals surface area contributed by atoms with Crippen molar-refractivity contribution in [2.45, 2.75) is 0 Å². The minimum Gasteiger partial charge on any atom is -0.247 e. The van der Waals surface area contributed by atoms with Gasteiger partial charge in [-0.3, -0.25) is 0 Å². The van der Waals surface area contributed by atoms with Crippen molar-refractivity contribution in [3.63, 3.8) is 0 Å². The minimum absolute atomic E-state index is 0.115. The van der Waals surface area contributed by atoms with Crippen molar-refractivity contribution in [3.05, 3.63) is 174 Å². The SMILES string of the molecule is N#Cc1ccc(-c2nc3c(-c4ccccc4)cc4c(-c5ccccc5-c5c(F)c(F)c(F)c(F)c5F)nc5ccccc5c4c3nc2-c2ccc(C#N)cc2)cc1. The van der Waals surface area contributed by atoms with Gasteiger partial charge in [-0.2, -0.15) is 10.5 Å². The molecule has 0 unspecified atom stereocenters. The molecule has 0 saturated carbocycles. The van der Waals surface area contributed by atoms with Crippen LogP contribution in [0.3, 0.4) is 0 Å². The number of nitrogens with zero attached hydrogens (tertiary/aromatic N) is 5. The van der Waals surface area contributed by atoms with Gasteiger partial charge in [-0.05, 0) is 47.5 Å². The Morgan fingerprint density at radius 2 is 0.912 bits per heavy atom. The zero-order valence-corrected chi connectivity index (χ0v) is 29.3. The zero-order valence-electron chi connectivity index (χ0n) is 29.3. The van der Waals surface area contributed by atoms with Crippen molar-refractivity contribution < 1.29 is 22.0 Å². The first-order valence-electron chi connectivity index (χ1n) is 17.5. The van der Waals surface area contributed by atoms with Crippen LogP contribution in [0, 0.1) is 51.7 Å². The van der Waals surface area contributed by atoms with Crippen LogP contribution >= 0.6 is 0 Å². The molecule has 0 atom stereocenters. The number of halogens is 5. The first-order chi connectivity index (χ1) is 27.8. The van der Waals surface area contributed by atoms with Gasteiger partial charge in [-0.15, -0.1) is 0 Å². The topological polar surface area (TPSA) is 86.2 Å². The lowest BCUT2D eigenvalue weighted by Gasteiger charge is -2.19. The molecule has 9 aromatic rings. The van der Waals surface area contributed by atoms with Crippen LogP contribution in [0.5, 0.6) is 0 Å². The highest BCUT2D eigenvalue weighted by atomic mass is 19.2. The maximum atomic E-state index is 15.5. The Morgan fingerprint density at radius 1 is 0.404 bits per heavy atom. The molecule has 0 amide bonds. The average molecular weight is 752 g/mol. The quantitative estimate of drug-likeness (QED) is 0.0756. The average Bonchev–Trinajstić information content (AvgIpc) is 3.27. The molecule has 0 N–H and O–H groups in total. The Bertz CT molecular complexity index is 3160. The number of hydrogen-bond donors (Lipinski definition) is 0. The molecule has 57 heavy (non-hydrogen) atoms. The number of hydrogen-bond acceptors (Lipinski definition) is 5. The molecule has 9 rings (SSSR count). The molecule has 0 aliphatic carbocycles. The maximum absolute atomic E-state index is 15.5. The Labute approximate surface area is 321 Å². The summed E-state index contributed by atoms with van der Waals surface area (Å²) in [6.45, 7) is 0. The summed E-state index contributed by atoms with van der Waals surface area (Å²) >= 11 is 0. The summed E-state index contributed by atoms with van der Waals surface area (Å²) in [7, 11) is 0. The summed E-state index contributed by atoms with van der Waals surface area (Å²) in [6, 6.07) is 42.5. The molecule has 2 aromatic heterocycles. The highest BCUT2D eigenvalue weighted by Gasteiger charge is 2.29. The van der Waals surface area contributed by atoms with E-state index in [4.69, 9.17) is 15.0 Å². The molecule has 0 spiro atoms. The number of nitriles is 2. The normalized spacial score (nSPS) is 11.2. The fraction of sp³-hybridized carbons (Fsp3) is 0. The van der Waals surface area contributed by atoms with E-state index in [0.29, 0.717) is 71.9 Å². The van der Waals surface area contributed by atoms with Crippen LogP contribution < -0.4 is 0 Å². The lowest BCUT2D eigenvalue weighted by molar-refractivity contribution is 0.381. The first kappa shape index (κ1) is 34.9. The van der Waals surface area contributed by atoms with E-state index in [0.717, 1.165) is 5.56 Å². The summed E-state index contributed by atoms with van der Waals surface area (Å²) in [5.41, 5.74) is 4.98. The van der Waals surface area contributed by atoms with Crippen LogP contribution in [0.25, 0.3) is 88.7 Å². The van der Waals surface area contributed by atoms with E-state index < -0.39 is 34.6 Å². The third-order valence-corrected chi connectivity index (χ3v) is 9.93. The van der Waals surface area contributed by atoms with Gasteiger partial charge in [0.1, 0.15) is 0 Å². The van der Waals surface area contributed by atoms with E-state index in [9.17, 15) is 23.7 Å². The van der Waals surface area contributed by atoms with Gasteiger partial charge in [0, 0.05) is 38.4 Å². The van der Waals surface area contributed by atoms with Crippen LogP contribution in [0.1, 0.15) is 11.1 Å². The molecule has 0 fully saturated rings. The Morgan fingerprint density at radius 3 is 1.51 bits per heavy atom. The zero-order chi connectivity index (χ0) is 39.4. The summed E-state index contributed by atoms with van der Waals surface area (Å²) in [6.07, 6.45) is 0. The van der Waals surface area contributed by atoms with Crippen molar-refractivity contribution in [1.29, 1.82) is 10.5 Å². The number of aromatic nitrogens is 3. The van der Waals surface area contributed by atoms with E-state index >= 15 is 8.78 Å². The number of fused-ring (bicyclic) bond motifs is 5. The molecule has 270 valence electrons. The highest BCUT2D eigenvalue weighted by Crippen LogP contribution is 2.45. The van der Waals surface area contributed by atoms with Crippen molar-refractivity contribution >= 4 is 32.7 Å². The van der Waals surface area contributed by atoms with Crippen LogP contribution in [-0.2, 0) is 0 Å². The van der Waals surface area contributed by atoms with Crippen molar-refractivity contribution in [2.24, 2.45) is 0 Å². The number of para-hydroxylation sites is 1. The van der Waals surface area contributed by atoms with Crippen molar-refractivity contribution in [1.82, 2.24) is 15.0 Å². The minimum atomic E-state index is -2.25. The molecule has 10 heteroatoms. The third kappa shape index (κ3) is 5.71. The van der Waals surface area contributed by atoms with E-state index in [1.54, 1.807) is 66.7 Å². The smallest absolute Gasteiger partial charge is 0.200 e. The van der Waals surface area contributed by atoms with E-state index in [2.05, 4.69) is 12.1 Å². The van der Waals surface area contributed by atoms with E-state index in [1.807, 2.05) is 48.5 Å². The molecule has 7 aromatic carbocycles. The molecular formula is C47H22F5N5. The first-order valence-corrected chi connectivity index (χ1v) is 17.5. The monoisotopic (exact) mass is 751 g/mol. The largest absolute Gasteiger partial charge is 0.247 e. The lowest BCUT2D eigenvalue weighted by atomic mass is 9.90. The second-order valence-corrected chi connectivity index (χ2v) is 13.2. The standard InChI is InChI=1S/C47H22F5N5/c48-38-37(39(49)41(51)42(52)40(38)50)30-10-4-5-11-31(30)45-34-22-33(27-8-2-1-3-9-27)46-47(36(34)32-12-6-7-13-35(32)55-45)57-44(29-20-16-26(24-54)17-21-29)43(56-46)28-18-14-25(23-53)15-19-28/h1-22H. The summed E-state index contributed by atoms with van der Waals surface area (Å²) in [5, 5.41) is 20.8. The van der Waals surface area contributed by atoms with Gasteiger partial charge in [0.25, 0.3) is 0 Å². The van der Waals surface area contributed by atoms with Crippen LogP contribution in [0.15, 0.2) is 133 Å². The third-order valence-electron chi connectivity index (χ3n) is 9.93. The molecule has 0 saturated heterocycles. The van der Waals surface area contributed by atoms with Crippen LogP contribution in [-0.4, -0.2) is 15.0 Å². The molecular weight excluding hydrogens is 730 g/mol. The van der Waals surface area contributed by atoms with Gasteiger partial charge in [-0.25, -0.2) is 36.9 Å². The fourth-order valence-electron chi connectivity index (χ4n) is 7.23. The summed E-state index contributed by atoms with van der Waals surface area (Å²) in [5.74, 6) is -10.3. The highest BCUT2D eigenvalue weighted by molar-refractivity contribution is 6.24. The van der Waals surface area contributed by atoms with Gasteiger partial charge >= 0.3 is 0 Å². The van der Waals surface area contributed by atoms with Crippen LogP contribution in [0.4, 0.5) is 22.0 Å². The summed E-state index contributed by atoms with van der Waals surface area (Å²) < 4.78 is 74.7. The van der Waals surface area contributed by atoms with Gasteiger partial charge in [0.2, 0.25) is 5.82 Å². The van der Waals surface area contributed by atoms with Crippen LogP contribution in [0.2, 0.25) is 0 Å².